The first-order chi connectivity index (χ1) is 12.1. The van der Waals surface area contributed by atoms with Gasteiger partial charge in [-0.1, -0.05) is 12.1 Å². The molecule has 0 bridgehead atoms. The summed E-state index contributed by atoms with van der Waals surface area (Å²) in [4.78, 5) is 26.3. The van der Waals surface area contributed by atoms with Gasteiger partial charge in [-0.3, -0.25) is 9.59 Å². The smallest absolute Gasteiger partial charge is 0.225 e. The molecule has 1 amide bonds. The van der Waals surface area contributed by atoms with E-state index in [0.717, 1.165) is 12.0 Å². The molecular formula is C18H17N5O2. The predicted molar refractivity (Wildman–Crippen MR) is 92.8 cm³/mol. The molecule has 0 saturated carbocycles. The number of carbonyl (C=O) groups is 1. The maximum atomic E-state index is 11.9. The highest BCUT2D eigenvalue weighted by Gasteiger charge is 2.08. The highest BCUT2D eigenvalue weighted by atomic mass is 16.2. The van der Waals surface area contributed by atoms with E-state index in [2.05, 4.69) is 21.7 Å². The summed E-state index contributed by atoms with van der Waals surface area (Å²) < 4.78 is 0. The van der Waals surface area contributed by atoms with E-state index in [4.69, 9.17) is 10.5 Å². The minimum Gasteiger partial charge on any atom is -0.364 e. The second-order valence-electron chi connectivity index (χ2n) is 5.33. The quantitative estimate of drug-likeness (QED) is 0.658. The van der Waals surface area contributed by atoms with E-state index >= 15 is 0 Å². The summed E-state index contributed by atoms with van der Waals surface area (Å²) in [6.07, 6.45) is 3.66. The largest absolute Gasteiger partial charge is 0.364 e. The van der Waals surface area contributed by atoms with Crippen molar-refractivity contribution in [1.82, 2.24) is 10.3 Å². The number of pyridine rings is 1. The Morgan fingerprint density at radius 1 is 1.08 bits per heavy atom. The van der Waals surface area contributed by atoms with E-state index in [9.17, 15) is 9.59 Å². The molecule has 0 aliphatic rings. The van der Waals surface area contributed by atoms with Crippen LogP contribution in [0.25, 0.3) is 0 Å². The number of carbonyl (C=O) groups excluding carboxylic acids is 1. The normalized spacial score (nSPS) is 9.84. The molecule has 0 unspecified atom stereocenters. The summed E-state index contributed by atoms with van der Waals surface area (Å²) in [6, 6.07) is 11.2. The fourth-order valence-electron chi connectivity index (χ4n) is 2.18. The number of hydrogen-bond acceptors (Lipinski definition) is 5. The topological polar surface area (TPSA) is 122 Å². The molecule has 0 fully saturated rings. The second-order valence-corrected chi connectivity index (χ2v) is 5.33. The van der Waals surface area contributed by atoms with Gasteiger partial charge in [-0.25, -0.2) is 0 Å². The van der Waals surface area contributed by atoms with Crippen LogP contribution in [0.15, 0.2) is 41.5 Å². The molecule has 0 saturated heterocycles. The van der Waals surface area contributed by atoms with Gasteiger partial charge in [-0.15, -0.1) is 0 Å². The van der Waals surface area contributed by atoms with Gasteiger partial charge in [0.15, 0.2) is 0 Å². The highest BCUT2D eigenvalue weighted by Crippen LogP contribution is 2.03. The Morgan fingerprint density at radius 3 is 2.52 bits per heavy atom. The molecule has 1 heterocycles. The molecule has 25 heavy (non-hydrogen) atoms. The molecule has 0 atom stereocenters. The maximum Gasteiger partial charge on any atom is 0.225 e. The number of rotatable bonds is 7. The lowest BCUT2D eigenvalue weighted by molar-refractivity contribution is -0.116. The Labute approximate surface area is 144 Å². The Hall–Kier alpha value is -3.42. The van der Waals surface area contributed by atoms with Crippen molar-refractivity contribution in [3.05, 3.63) is 63.6 Å². The fraction of sp³-hybridized carbons (Fsp3) is 0.222. The van der Waals surface area contributed by atoms with E-state index in [1.807, 2.05) is 12.1 Å². The first-order valence-corrected chi connectivity index (χ1v) is 7.75. The number of H-pyrrole nitrogens is 1. The van der Waals surface area contributed by atoms with Gasteiger partial charge in [-0.05, 0) is 30.7 Å². The van der Waals surface area contributed by atoms with Crippen LogP contribution in [0.1, 0.15) is 23.1 Å². The molecule has 2 rings (SSSR count). The van der Waals surface area contributed by atoms with Crippen molar-refractivity contribution in [1.29, 1.82) is 10.5 Å². The third-order valence-electron chi connectivity index (χ3n) is 3.54. The van der Waals surface area contributed by atoms with Crippen molar-refractivity contribution in [3.8, 4) is 12.1 Å². The zero-order chi connectivity index (χ0) is 18.1. The highest BCUT2D eigenvalue weighted by molar-refractivity contribution is 5.90. The molecule has 1 aromatic carbocycles. The SMILES string of the molecule is N#Cc1ccc(CCNCCC(=O)Nc2c[nH]cc(C#N)c2=O)cc1. The predicted octanol–water partition coefficient (Wildman–Crippen LogP) is 1.28. The third-order valence-corrected chi connectivity index (χ3v) is 3.54. The zero-order valence-electron chi connectivity index (χ0n) is 13.5. The van der Waals surface area contributed by atoms with Crippen LogP contribution in [0.3, 0.4) is 0 Å². The number of benzene rings is 1. The molecule has 2 aromatic rings. The summed E-state index contributed by atoms with van der Waals surface area (Å²) >= 11 is 0. The molecule has 1 aromatic heterocycles. The average Bonchev–Trinajstić information content (AvgIpc) is 2.63. The Morgan fingerprint density at radius 2 is 1.84 bits per heavy atom. The number of hydrogen-bond donors (Lipinski definition) is 3. The Bertz CT molecular complexity index is 872. The lowest BCUT2D eigenvalue weighted by Gasteiger charge is -2.06. The molecule has 3 N–H and O–H groups in total. The number of anilines is 1. The first-order valence-electron chi connectivity index (χ1n) is 7.75. The minimum atomic E-state index is -0.497. The molecular weight excluding hydrogens is 318 g/mol. The van der Waals surface area contributed by atoms with Gasteiger partial charge < -0.3 is 15.6 Å². The molecule has 0 spiro atoms. The number of aromatic amines is 1. The summed E-state index contributed by atoms with van der Waals surface area (Å²) in [5.74, 6) is -0.300. The zero-order valence-corrected chi connectivity index (χ0v) is 13.5. The van der Waals surface area contributed by atoms with E-state index in [1.165, 1.54) is 12.4 Å². The van der Waals surface area contributed by atoms with Crippen molar-refractivity contribution in [2.24, 2.45) is 0 Å². The van der Waals surface area contributed by atoms with Gasteiger partial charge in [-0.2, -0.15) is 10.5 Å². The third kappa shape index (κ3) is 5.31. The van der Waals surface area contributed by atoms with Crippen LogP contribution in [0.2, 0.25) is 0 Å². The Balaban J connectivity index is 1.71. The van der Waals surface area contributed by atoms with Crippen LogP contribution in [-0.4, -0.2) is 24.0 Å². The number of nitrogens with zero attached hydrogens (tertiary/aromatic N) is 2. The molecule has 7 heteroatoms. The number of aromatic nitrogens is 1. The Kier molecular flexibility index (Phi) is 6.47. The molecule has 0 aliphatic heterocycles. The maximum absolute atomic E-state index is 11.9. The summed E-state index contributed by atoms with van der Waals surface area (Å²) in [5, 5.41) is 23.2. The van der Waals surface area contributed by atoms with Crippen LogP contribution in [-0.2, 0) is 11.2 Å². The van der Waals surface area contributed by atoms with E-state index in [1.54, 1.807) is 18.2 Å². The first kappa shape index (κ1) is 17.9. The monoisotopic (exact) mass is 335 g/mol. The number of nitrogens with one attached hydrogen (secondary N) is 3. The van der Waals surface area contributed by atoms with E-state index in [-0.39, 0.29) is 23.6 Å². The van der Waals surface area contributed by atoms with Gasteiger partial charge in [0.25, 0.3) is 0 Å². The summed E-state index contributed by atoms with van der Waals surface area (Å²) in [5.41, 5.74) is 1.27. The van der Waals surface area contributed by atoms with Gasteiger partial charge in [0.1, 0.15) is 17.3 Å². The van der Waals surface area contributed by atoms with Crippen LogP contribution < -0.4 is 16.1 Å². The fourth-order valence-corrected chi connectivity index (χ4v) is 2.18. The lowest BCUT2D eigenvalue weighted by Crippen LogP contribution is -2.25. The average molecular weight is 335 g/mol. The molecule has 0 radical (unpaired) electrons. The van der Waals surface area contributed by atoms with Crippen molar-refractivity contribution < 1.29 is 4.79 Å². The van der Waals surface area contributed by atoms with Crippen molar-refractivity contribution in [3.63, 3.8) is 0 Å². The minimum absolute atomic E-state index is 0.0432. The number of nitriles is 2. The molecule has 7 nitrogen and oxygen atoms in total. The van der Waals surface area contributed by atoms with Gasteiger partial charge in [0.05, 0.1) is 11.6 Å². The van der Waals surface area contributed by atoms with Crippen LogP contribution >= 0.6 is 0 Å². The second kappa shape index (κ2) is 9.02. The van der Waals surface area contributed by atoms with Gasteiger partial charge >= 0.3 is 0 Å². The van der Waals surface area contributed by atoms with Crippen LogP contribution in [0, 0.1) is 22.7 Å². The van der Waals surface area contributed by atoms with Crippen molar-refractivity contribution in [2.75, 3.05) is 18.4 Å². The van der Waals surface area contributed by atoms with Gasteiger partial charge in [0, 0.05) is 25.4 Å². The lowest BCUT2D eigenvalue weighted by atomic mass is 10.1. The van der Waals surface area contributed by atoms with Crippen LogP contribution in [0.4, 0.5) is 5.69 Å². The van der Waals surface area contributed by atoms with E-state index < -0.39 is 5.43 Å². The van der Waals surface area contributed by atoms with Crippen molar-refractivity contribution in [2.45, 2.75) is 12.8 Å². The standard InChI is InChI=1S/C18H17N5O2/c19-9-14-3-1-13(2-4-14)5-7-21-8-6-17(24)23-16-12-22-11-15(10-20)18(16)25/h1-4,11-12,21H,5-8H2,(H,22,25)(H,23,24). The van der Waals surface area contributed by atoms with E-state index in [0.29, 0.717) is 18.7 Å². The number of amides is 1. The summed E-state index contributed by atoms with van der Waals surface area (Å²) in [7, 11) is 0. The molecule has 0 aliphatic carbocycles. The summed E-state index contributed by atoms with van der Waals surface area (Å²) in [6.45, 7) is 1.17. The van der Waals surface area contributed by atoms with Gasteiger partial charge in [0.2, 0.25) is 11.3 Å². The molecule has 126 valence electrons. The van der Waals surface area contributed by atoms with Crippen LogP contribution in [0.5, 0.6) is 0 Å². The van der Waals surface area contributed by atoms with Crippen molar-refractivity contribution >= 4 is 11.6 Å².